The van der Waals surface area contributed by atoms with Gasteiger partial charge in [0, 0.05) is 16.2 Å². The Morgan fingerprint density at radius 3 is 2.90 bits per heavy atom. The summed E-state index contributed by atoms with van der Waals surface area (Å²) in [6.45, 7) is 0. The number of nitrogens with one attached hydrogen (secondary N) is 2. The number of carbonyl (C=O) groups excluding carboxylic acids is 1. The Bertz CT molecular complexity index is 800. The fourth-order valence-electron chi connectivity index (χ4n) is 1.84. The van der Waals surface area contributed by atoms with Crippen LogP contribution < -0.4 is 5.32 Å². The van der Waals surface area contributed by atoms with E-state index in [1.54, 1.807) is 18.2 Å². The number of benzene rings is 2. The highest BCUT2D eigenvalue weighted by atomic mass is 79.9. The highest BCUT2D eigenvalue weighted by molar-refractivity contribution is 9.10. The highest BCUT2D eigenvalue weighted by Gasteiger charge is 2.12. The highest BCUT2D eigenvalue weighted by Crippen LogP contribution is 2.17. The number of carbonyl (C=O) groups is 1. The van der Waals surface area contributed by atoms with Crippen molar-refractivity contribution in [2.75, 3.05) is 5.32 Å². The number of anilines is 1. The van der Waals surface area contributed by atoms with Crippen LogP contribution in [0.25, 0.3) is 11.0 Å². The first-order chi connectivity index (χ1) is 9.61. The lowest BCUT2D eigenvalue weighted by molar-refractivity contribution is 0.101. The van der Waals surface area contributed by atoms with E-state index in [0.29, 0.717) is 16.7 Å². The molecule has 0 aliphatic carbocycles. The molecule has 0 saturated heterocycles. The Labute approximate surface area is 122 Å². The molecule has 1 aromatic heterocycles. The van der Waals surface area contributed by atoms with Crippen molar-refractivity contribution in [3.05, 3.63) is 58.6 Å². The van der Waals surface area contributed by atoms with Crippen LogP contribution in [-0.4, -0.2) is 15.9 Å². The quantitative estimate of drug-likeness (QED) is 0.750. The molecule has 20 heavy (non-hydrogen) atoms. The van der Waals surface area contributed by atoms with Gasteiger partial charge in [-0.25, -0.2) is 9.37 Å². The molecule has 0 radical (unpaired) electrons. The number of amides is 1. The van der Waals surface area contributed by atoms with Crippen molar-refractivity contribution < 1.29 is 9.18 Å². The number of fused-ring (bicyclic) bond motifs is 1. The van der Waals surface area contributed by atoms with Gasteiger partial charge in [0.15, 0.2) is 5.82 Å². The van der Waals surface area contributed by atoms with E-state index in [1.165, 1.54) is 12.1 Å². The fourth-order valence-corrected chi connectivity index (χ4v) is 2.24. The molecule has 0 fully saturated rings. The summed E-state index contributed by atoms with van der Waals surface area (Å²) in [4.78, 5) is 19.0. The van der Waals surface area contributed by atoms with Crippen LogP contribution in [-0.2, 0) is 0 Å². The van der Waals surface area contributed by atoms with Crippen molar-refractivity contribution in [2.45, 2.75) is 0 Å². The van der Waals surface area contributed by atoms with Crippen molar-refractivity contribution in [3.8, 4) is 0 Å². The second-order valence-corrected chi connectivity index (χ2v) is 5.13. The number of aromatic amines is 1. The number of rotatable bonds is 2. The van der Waals surface area contributed by atoms with Crippen molar-refractivity contribution in [1.82, 2.24) is 9.97 Å². The van der Waals surface area contributed by atoms with Gasteiger partial charge in [0.2, 0.25) is 0 Å². The van der Waals surface area contributed by atoms with E-state index >= 15 is 0 Å². The van der Waals surface area contributed by atoms with Gasteiger partial charge < -0.3 is 10.3 Å². The normalized spacial score (nSPS) is 10.7. The second-order valence-electron chi connectivity index (χ2n) is 4.21. The second kappa shape index (κ2) is 5.05. The van der Waals surface area contributed by atoms with Crippen LogP contribution in [0.2, 0.25) is 0 Å². The minimum absolute atomic E-state index is 0.144. The number of nitrogens with zero attached hydrogens (tertiary/aromatic N) is 1. The first-order valence-corrected chi connectivity index (χ1v) is 6.63. The number of aromatic nitrogens is 2. The van der Waals surface area contributed by atoms with E-state index in [0.717, 1.165) is 4.47 Å². The standard InChI is InChI=1S/C14H9BrFN3O/c15-8-2-1-3-10(6-8)17-14(20)13-18-11-5-4-9(16)7-12(11)19-13/h1-7H,(H,17,20)(H,18,19). The zero-order chi connectivity index (χ0) is 14.1. The fraction of sp³-hybridized carbons (Fsp3) is 0. The molecule has 3 rings (SSSR count). The van der Waals surface area contributed by atoms with E-state index in [9.17, 15) is 9.18 Å². The van der Waals surface area contributed by atoms with Gasteiger partial charge >= 0.3 is 0 Å². The van der Waals surface area contributed by atoms with Crippen LogP contribution in [0, 0.1) is 5.82 Å². The lowest BCUT2D eigenvalue weighted by Crippen LogP contribution is -2.13. The van der Waals surface area contributed by atoms with Crippen LogP contribution in [0.4, 0.5) is 10.1 Å². The van der Waals surface area contributed by atoms with Gasteiger partial charge in [-0.15, -0.1) is 0 Å². The van der Waals surface area contributed by atoms with Gasteiger partial charge in [-0.05, 0) is 30.3 Å². The summed E-state index contributed by atoms with van der Waals surface area (Å²) in [7, 11) is 0. The molecule has 2 aromatic carbocycles. The molecule has 3 aromatic rings. The maximum atomic E-state index is 13.1. The topological polar surface area (TPSA) is 57.8 Å². The van der Waals surface area contributed by atoms with E-state index in [-0.39, 0.29) is 17.5 Å². The number of imidazole rings is 1. The zero-order valence-electron chi connectivity index (χ0n) is 10.2. The molecular formula is C14H9BrFN3O. The first kappa shape index (κ1) is 12.8. The van der Waals surface area contributed by atoms with E-state index in [2.05, 4.69) is 31.2 Å². The Morgan fingerprint density at radius 2 is 2.10 bits per heavy atom. The van der Waals surface area contributed by atoms with Gasteiger partial charge in [-0.3, -0.25) is 4.79 Å². The SMILES string of the molecule is O=C(Nc1cccc(Br)c1)c1nc2cc(F)ccc2[nH]1. The number of halogens is 2. The minimum atomic E-state index is -0.386. The smallest absolute Gasteiger partial charge is 0.291 e. The number of hydrogen-bond donors (Lipinski definition) is 2. The van der Waals surface area contributed by atoms with Gasteiger partial charge in [0.05, 0.1) is 11.0 Å². The molecule has 0 spiro atoms. The Kier molecular flexibility index (Phi) is 3.23. The van der Waals surface area contributed by atoms with E-state index in [1.807, 2.05) is 12.1 Å². The van der Waals surface area contributed by atoms with Crippen molar-refractivity contribution >= 4 is 38.6 Å². The first-order valence-electron chi connectivity index (χ1n) is 5.84. The molecule has 1 amide bonds. The minimum Gasteiger partial charge on any atom is -0.334 e. The molecule has 0 aliphatic heterocycles. The molecule has 2 N–H and O–H groups in total. The van der Waals surface area contributed by atoms with Gasteiger partial charge in [-0.2, -0.15) is 0 Å². The molecule has 100 valence electrons. The Balaban J connectivity index is 1.88. The van der Waals surface area contributed by atoms with Crippen LogP contribution >= 0.6 is 15.9 Å². The summed E-state index contributed by atoms with van der Waals surface area (Å²) in [5.41, 5.74) is 1.69. The third kappa shape index (κ3) is 2.55. The molecule has 0 unspecified atom stereocenters. The summed E-state index contributed by atoms with van der Waals surface area (Å²) in [5, 5.41) is 2.72. The summed E-state index contributed by atoms with van der Waals surface area (Å²) >= 11 is 3.33. The predicted octanol–water partition coefficient (Wildman–Crippen LogP) is 3.72. The van der Waals surface area contributed by atoms with Gasteiger partial charge in [-0.1, -0.05) is 22.0 Å². The molecule has 6 heteroatoms. The molecule has 4 nitrogen and oxygen atoms in total. The summed E-state index contributed by atoms with van der Waals surface area (Å²) in [5.74, 6) is -0.617. The molecular weight excluding hydrogens is 325 g/mol. The van der Waals surface area contributed by atoms with Crippen LogP contribution in [0.1, 0.15) is 10.6 Å². The summed E-state index contributed by atoms with van der Waals surface area (Å²) < 4.78 is 13.9. The van der Waals surface area contributed by atoms with Crippen molar-refractivity contribution in [1.29, 1.82) is 0 Å². The maximum absolute atomic E-state index is 13.1. The van der Waals surface area contributed by atoms with Crippen LogP contribution in [0.15, 0.2) is 46.9 Å². The van der Waals surface area contributed by atoms with Crippen molar-refractivity contribution in [2.24, 2.45) is 0 Å². The van der Waals surface area contributed by atoms with E-state index in [4.69, 9.17) is 0 Å². The van der Waals surface area contributed by atoms with Crippen LogP contribution in [0.3, 0.4) is 0 Å². The summed E-state index contributed by atoms with van der Waals surface area (Å²) in [6.07, 6.45) is 0. The lowest BCUT2D eigenvalue weighted by Gasteiger charge is -2.02. The zero-order valence-corrected chi connectivity index (χ0v) is 11.7. The average molecular weight is 334 g/mol. The number of H-pyrrole nitrogens is 1. The maximum Gasteiger partial charge on any atom is 0.291 e. The Morgan fingerprint density at radius 1 is 1.25 bits per heavy atom. The van der Waals surface area contributed by atoms with Gasteiger partial charge in [0.25, 0.3) is 5.91 Å². The monoisotopic (exact) mass is 333 g/mol. The summed E-state index contributed by atoms with van der Waals surface area (Å²) in [6, 6.07) is 11.4. The molecule has 0 atom stereocenters. The largest absolute Gasteiger partial charge is 0.334 e. The predicted molar refractivity (Wildman–Crippen MR) is 78.1 cm³/mol. The third-order valence-corrected chi connectivity index (χ3v) is 3.24. The van der Waals surface area contributed by atoms with Crippen molar-refractivity contribution in [3.63, 3.8) is 0 Å². The number of hydrogen-bond acceptors (Lipinski definition) is 2. The average Bonchev–Trinajstić information content (AvgIpc) is 2.81. The third-order valence-electron chi connectivity index (χ3n) is 2.74. The molecule has 0 saturated carbocycles. The molecule has 0 bridgehead atoms. The molecule has 1 heterocycles. The van der Waals surface area contributed by atoms with E-state index < -0.39 is 0 Å². The molecule has 0 aliphatic rings. The Hall–Kier alpha value is -2.21. The van der Waals surface area contributed by atoms with Crippen LogP contribution in [0.5, 0.6) is 0 Å². The van der Waals surface area contributed by atoms with Gasteiger partial charge in [0.1, 0.15) is 5.82 Å². The lowest BCUT2D eigenvalue weighted by atomic mass is 10.3.